The van der Waals surface area contributed by atoms with Crippen LogP contribution in [0.15, 0.2) is 0 Å². The zero-order valence-electron chi connectivity index (χ0n) is 12.2. The second-order valence-corrected chi connectivity index (χ2v) is 5.68. The average molecular weight is 300 g/mol. The Hall–Kier alpha value is -1.34. The van der Waals surface area contributed by atoms with E-state index in [1.54, 1.807) is 9.80 Å². The van der Waals surface area contributed by atoms with Crippen LogP contribution in [0.25, 0.3) is 0 Å². The summed E-state index contributed by atoms with van der Waals surface area (Å²) in [5.74, 6) is -0.965. The first-order valence-electron chi connectivity index (χ1n) is 7.61. The number of nitrogens with zero attached hydrogens (tertiary/aromatic N) is 2. The minimum absolute atomic E-state index is 0.00886. The maximum absolute atomic E-state index is 12.5. The van der Waals surface area contributed by atoms with Gasteiger partial charge in [-0.1, -0.05) is 0 Å². The lowest BCUT2D eigenvalue weighted by molar-refractivity contribution is -0.145. The normalized spacial score (nSPS) is 20.1. The van der Waals surface area contributed by atoms with E-state index >= 15 is 0 Å². The Labute approximate surface area is 124 Å². The molecule has 7 heteroatoms. The topological polar surface area (TPSA) is 90.3 Å². The van der Waals surface area contributed by atoms with Crippen molar-refractivity contribution in [3.8, 4) is 0 Å². The van der Waals surface area contributed by atoms with Crippen molar-refractivity contribution in [2.75, 3.05) is 32.8 Å². The highest BCUT2D eigenvalue weighted by molar-refractivity contribution is 5.75. The molecule has 0 aromatic heterocycles. The van der Waals surface area contributed by atoms with Crippen LogP contribution in [0.1, 0.15) is 32.1 Å². The number of carbonyl (C=O) groups excluding carboxylic acids is 1. The third-order valence-electron chi connectivity index (χ3n) is 4.26. The number of piperidine rings is 1. The van der Waals surface area contributed by atoms with Gasteiger partial charge in [-0.25, -0.2) is 9.59 Å². The lowest BCUT2D eigenvalue weighted by Gasteiger charge is -2.41. The third kappa shape index (κ3) is 4.31. The van der Waals surface area contributed by atoms with Crippen molar-refractivity contribution in [1.29, 1.82) is 0 Å². The molecule has 0 aromatic rings. The largest absolute Gasteiger partial charge is 0.480 e. The first-order valence-corrected chi connectivity index (χ1v) is 7.61. The monoisotopic (exact) mass is 300 g/mol. The molecule has 120 valence electrons. The molecule has 1 aliphatic heterocycles. The van der Waals surface area contributed by atoms with Gasteiger partial charge in [0.2, 0.25) is 0 Å². The maximum atomic E-state index is 12.5. The number of likely N-dealkylation sites (tertiary alicyclic amines) is 1. The number of hydrogen-bond donors (Lipinski definition) is 2. The van der Waals surface area contributed by atoms with Crippen molar-refractivity contribution < 1.29 is 24.5 Å². The molecule has 2 N–H and O–H groups in total. The summed E-state index contributed by atoms with van der Waals surface area (Å²) < 4.78 is 5.27. The van der Waals surface area contributed by atoms with Crippen LogP contribution in [0.5, 0.6) is 0 Å². The van der Waals surface area contributed by atoms with Crippen LogP contribution in [-0.2, 0) is 9.53 Å². The predicted octanol–water partition coefficient (Wildman–Crippen LogP) is 0.519. The summed E-state index contributed by atoms with van der Waals surface area (Å²) in [6, 6.07) is 0.260. The molecule has 0 unspecified atom stereocenters. The summed E-state index contributed by atoms with van der Waals surface area (Å²) in [6.45, 7) is 1.26. The Kier molecular flexibility index (Phi) is 5.81. The first kappa shape index (κ1) is 16.0. The van der Waals surface area contributed by atoms with Gasteiger partial charge in [0, 0.05) is 25.7 Å². The van der Waals surface area contributed by atoms with Crippen LogP contribution in [0.2, 0.25) is 0 Å². The molecule has 1 heterocycles. The number of aliphatic hydroxyl groups excluding tert-OH is 1. The quantitative estimate of drug-likeness (QED) is 0.746. The van der Waals surface area contributed by atoms with E-state index in [-0.39, 0.29) is 31.4 Å². The minimum Gasteiger partial charge on any atom is -0.480 e. The van der Waals surface area contributed by atoms with Crippen molar-refractivity contribution in [2.24, 2.45) is 0 Å². The van der Waals surface area contributed by atoms with Gasteiger partial charge in [-0.05, 0) is 32.1 Å². The number of aliphatic carboxylic acids is 1. The molecule has 7 nitrogen and oxygen atoms in total. The highest BCUT2D eigenvalue weighted by Gasteiger charge is 2.33. The van der Waals surface area contributed by atoms with Gasteiger partial charge in [-0.15, -0.1) is 0 Å². The Morgan fingerprint density at radius 2 is 1.86 bits per heavy atom. The molecular formula is C14H24N2O5. The number of hydrogen-bond acceptors (Lipinski definition) is 4. The molecule has 1 aliphatic carbocycles. The number of carboxylic acids is 1. The van der Waals surface area contributed by atoms with Crippen LogP contribution >= 0.6 is 0 Å². The molecule has 21 heavy (non-hydrogen) atoms. The number of amides is 2. The van der Waals surface area contributed by atoms with Crippen LogP contribution in [0.4, 0.5) is 4.79 Å². The standard InChI is InChI=1S/C14H24N2O5/c17-9-8-16(11-2-1-3-11)14(20)15-6-4-12(5-7-15)21-10-13(18)19/h11-12,17H,1-10H2,(H,18,19). The van der Waals surface area contributed by atoms with Crippen LogP contribution in [0, 0.1) is 0 Å². The number of carbonyl (C=O) groups is 2. The predicted molar refractivity (Wildman–Crippen MR) is 75.0 cm³/mol. The van der Waals surface area contributed by atoms with E-state index in [2.05, 4.69) is 0 Å². The van der Waals surface area contributed by atoms with Gasteiger partial charge in [0.15, 0.2) is 0 Å². The molecule has 0 spiro atoms. The van der Waals surface area contributed by atoms with Crippen molar-refractivity contribution in [3.05, 3.63) is 0 Å². The summed E-state index contributed by atoms with van der Waals surface area (Å²) >= 11 is 0. The van der Waals surface area contributed by atoms with E-state index in [1.165, 1.54) is 0 Å². The zero-order chi connectivity index (χ0) is 15.2. The minimum atomic E-state index is -0.965. The smallest absolute Gasteiger partial charge is 0.329 e. The molecule has 1 saturated heterocycles. The van der Waals surface area contributed by atoms with Gasteiger partial charge in [-0.3, -0.25) is 0 Å². The van der Waals surface area contributed by atoms with Crippen molar-refractivity contribution in [1.82, 2.24) is 9.80 Å². The Balaban J connectivity index is 1.79. The molecule has 2 aliphatic rings. The fourth-order valence-electron chi connectivity index (χ4n) is 2.83. The van der Waals surface area contributed by atoms with Crippen LogP contribution in [0.3, 0.4) is 0 Å². The lowest BCUT2D eigenvalue weighted by atomic mass is 9.91. The number of rotatable bonds is 6. The SMILES string of the molecule is O=C(O)COC1CCN(C(=O)N(CCO)C2CCC2)CC1. The van der Waals surface area contributed by atoms with E-state index in [1.807, 2.05) is 0 Å². The molecular weight excluding hydrogens is 276 g/mol. The Morgan fingerprint density at radius 3 is 2.33 bits per heavy atom. The number of carboxylic acid groups (broad SMARTS) is 1. The second-order valence-electron chi connectivity index (χ2n) is 5.68. The highest BCUT2D eigenvalue weighted by atomic mass is 16.5. The van der Waals surface area contributed by atoms with E-state index < -0.39 is 5.97 Å². The average Bonchev–Trinajstić information content (AvgIpc) is 2.42. The van der Waals surface area contributed by atoms with E-state index in [0.717, 1.165) is 19.3 Å². The fraction of sp³-hybridized carbons (Fsp3) is 0.857. The Bertz CT molecular complexity index is 364. The zero-order valence-corrected chi connectivity index (χ0v) is 12.2. The molecule has 2 fully saturated rings. The molecule has 2 amide bonds. The van der Waals surface area contributed by atoms with Crippen molar-refractivity contribution >= 4 is 12.0 Å². The fourth-order valence-corrected chi connectivity index (χ4v) is 2.83. The summed E-state index contributed by atoms with van der Waals surface area (Å²) in [7, 11) is 0. The van der Waals surface area contributed by atoms with Gasteiger partial charge in [0.25, 0.3) is 0 Å². The Morgan fingerprint density at radius 1 is 1.19 bits per heavy atom. The molecule has 0 atom stereocenters. The molecule has 0 aromatic carbocycles. The molecule has 2 rings (SSSR count). The molecule has 0 bridgehead atoms. The highest BCUT2D eigenvalue weighted by Crippen LogP contribution is 2.26. The van der Waals surface area contributed by atoms with E-state index in [0.29, 0.717) is 32.5 Å². The van der Waals surface area contributed by atoms with E-state index in [9.17, 15) is 9.59 Å². The van der Waals surface area contributed by atoms with Gasteiger partial charge in [0.1, 0.15) is 6.61 Å². The van der Waals surface area contributed by atoms with Gasteiger partial charge >= 0.3 is 12.0 Å². The summed E-state index contributed by atoms with van der Waals surface area (Å²) in [5, 5.41) is 17.7. The summed E-state index contributed by atoms with van der Waals surface area (Å²) in [5.41, 5.74) is 0. The van der Waals surface area contributed by atoms with Crippen molar-refractivity contribution in [3.63, 3.8) is 0 Å². The van der Waals surface area contributed by atoms with Crippen LogP contribution in [-0.4, -0.2) is 77.0 Å². The summed E-state index contributed by atoms with van der Waals surface area (Å²) in [4.78, 5) is 26.5. The number of aliphatic hydroxyl groups is 1. The first-order chi connectivity index (χ1) is 10.1. The second kappa shape index (κ2) is 7.61. The van der Waals surface area contributed by atoms with E-state index in [4.69, 9.17) is 14.9 Å². The maximum Gasteiger partial charge on any atom is 0.329 e. The summed E-state index contributed by atoms with van der Waals surface area (Å²) in [6.07, 6.45) is 4.42. The number of ether oxygens (including phenoxy) is 1. The lowest BCUT2D eigenvalue weighted by Crippen LogP contribution is -2.53. The van der Waals surface area contributed by atoms with Crippen LogP contribution < -0.4 is 0 Å². The molecule has 1 saturated carbocycles. The van der Waals surface area contributed by atoms with Gasteiger partial charge in [-0.2, -0.15) is 0 Å². The number of urea groups is 1. The third-order valence-corrected chi connectivity index (χ3v) is 4.26. The van der Waals surface area contributed by atoms with Gasteiger partial charge in [0.05, 0.1) is 12.7 Å². The molecule has 0 radical (unpaired) electrons. The van der Waals surface area contributed by atoms with Crippen molar-refractivity contribution in [2.45, 2.75) is 44.2 Å². The van der Waals surface area contributed by atoms with Gasteiger partial charge < -0.3 is 24.7 Å².